The van der Waals surface area contributed by atoms with E-state index in [2.05, 4.69) is 6.58 Å². The number of ether oxygens (including phenoxy) is 1. The van der Waals surface area contributed by atoms with E-state index in [9.17, 15) is 14.7 Å². The Morgan fingerprint density at radius 3 is 2.15 bits per heavy atom. The lowest BCUT2D eigenvalue weighted by atomic mass is 9.83. The number of carbonyl (C=O) groups is 2. The van der Waals surface area contributed by atoms with Crippen LogP contribution in [0.3, 0.4) is 0 Å². The molecule has 2 aromatic rings. The molecule has 0 fully saturated rings. The van der Waals surface area contributed by atoms with Crippen LogP contribution in [0.5, 0.6) is 11.5 Å². The largest absolute Gasteiger partial charge is 0.507 e. The predicted molar refractivity (Wildman–Crippen MR) is 72.2 cm³/mol. The van der Waals surface area contributed by atoms with Crippen molar-refractivity contribution >= 4 is 11.6 Å². The number of carbonyl (C=O) groups excluding carboxylic acids is 2. The van der Waals surface area contributed by atoms with Crippen molar-refractivity contribution in [1.82, 2.24) is 0 Å². The van der Waals surface area contributed by atoms with Crippen LogP contribution in [0.1, 0.15) is 31.8 Å². The van der Waals surface area contributed by atoms with Crippen molar-refractivity contribution in [3.8, 4) is 11.5 Å². The van der Waals surface area contributed by atoms with Crippen molar-refractivity contribution in [2.45, 2.75) is 0 Å². The SMILES string of the molecule is C=COc1ccc(O)c2c1C(=O)c1ccccc1C2=O. The summed E-state index contributed by atoms with van der Waals surface area (Å²) in [7, 11) is 0. The van der Waals surface area contributed by atoms with Crippen molar-refractivity contribution in [1.29, 1.82) is 0 Å². The van der Waals surface area contributed by atoms with Crippen molar-refractivity contribution in [3.63, 3.8) is 0 Å². The van der Waals surface area contributed by atoms with Gasteiger partial charge in [0.1, 0.15) is 11.5 Å². The standard InChI is InChI=1S/C16H10O4/c1-2-20-12-8-7-11(17)13-14(12)16(19)10-6-4-3-5-9(10)15(13)18/h2-8,17H,1H2. The molecule has 0 saturated carbocycles. The van der Waals surface area contributed by atoms with Gasteiger partial charge in [-0.15, -0.1) is 0 Å². The molecule has 0 saturated heterocycles. The van der Waals surface area contributed by atoms with Gasteiger partial charge in [-0.25, -0.2) is 0 Å². The molecule has 3 rings (SSSR count). The van der Waals surface area contributed by atoms with Crippen LogP contribution in [0, 0.1) is 0 Å². The third-order valence-corrected chi connectivity index (χ3v) is 3.23. The van der Waals surface area contributed by atoms with Gasteiger partial charge in [0.05, 0.1) is 17.4 Å². The molecular formula is C16H10O4. The zero-order valence-corrected chi connectivity index (χ0v) is 10.4. The van der Waals surface area contributed by atoms with Crippen LogP contribution in [0.4, 0.5) is 0 Å². The summed E-state index contributed by atoms with van der Waals surface area (Å²) in [4.78, 5) is 25.0. The quantitative estimate of drug-likeness (QED) is 0.724. The molecule has 0 heterocycles. The Morgan fingerprint density at radius 1 is 0.950 bits per heavy atom. The molecule has 0 radical (unpaired) electrons. The van der Waals surface area contributed by atoms with Crippen LogP contribution < -0.4 is 4.74 Å². The Hall–Kier alpha value is -2.88. The zero-order valence-electron chi connectivity index (χ0n) is 10.4. The molecular weight excluding hydrogens is 256 g/mol. The smallest absolute Gasteiger partial charge is 0.198 e. The van der Waals surface area contributed by atoms with E-state index in [1.807, 2.05) is 0 Å². The number of rotatable bonds is 2. The van der Waals surface area contributed by atoms with E-state index in [0.717, 1.165) is 0 Å². The zero-order chi connectivity index (χ0) is 14.3. The molecule has 0 aliphatic heterocycles. The van der Waals surface area contributed by atoms with E-state index in [0.29, 0.717) is 5.56 Å². The van der Waals surface area contributed by atoms with Crippen molar-refractivity contribution < 1.29 is 19.4 Å². The van der Waals surface area contributed by atoms with Crippen molar-refractivity contribution in [2.24, 2.45) is 0 Å². The first-order valence-corrected chi connectivity index (χ1v) is 5.97. The second kappa shape index (κ2) is 4.35. The average Bonchev–Trinajstić information content (AvgIpc) is 2.47. The van der Waals surface area contributed by atoms with E-state index in [1.165, 1.54) is 18.4 Å². The Balaban J connectivity index is 2.35. The highest BCUT2D eigenvalue weighted by atomic mass is 16.5. The molecule has 0 amide bonds. The molecule has 20 heavy (non-hydrogen) atoms. The lowest BCUT2D eigenvalue weighted by Crippen LogP contribution is -2.21. The van der Waals surface area contributed by atoms with Crippen molar-refractivity contribution in [3.05, 3.63) is 71.5 Å². The highest BCUT2D eigenvalue weighted by Crippen LogP contribution is 2.37. The maximum atomic E-state index is 12.5. The minimum Gasteiger partial charge on any atom is -0.507 e. The topological polar surface area (TPSA) is 63.6 Å². The van der Waals surface area contributed by atoms with Crippen LogP contribution in [0.25, 0.3) is 0 Å². The van der Waals surface area contributed by atoms with Crippen molar-refractivity contribution in [2.75, 3.05) is 0 Å². The second-order valence-electron chi connectivity index (χ2n) is 4.32. The Labute approximate surface area is 114 Å². The summed E-state index contributed by atoms with van der Waals surface area (Å²) in [6, 6.07) is 9.28. The second-order valence-corrected chi connectivity index (χ2v) is 4.32. The fourth-order valence-electron chi connectivity index (χ4n) is 2.36. The van der Waals surface area contributed by atoms with E-state index < -0.39 is 0 Å². The highest BCUT2D eigenvalue weighted by Gasteiger charge is 2.34. The van der Waals surface area contributed by atoms with Gasteiger partial charge in [0, 0.05) is 11.1 Å². The highest BCUT2D eigenvalue weighted by molar-refractivity contribution is 6.30. The summed E-state index contributed by atoms with van der Waals surface area (Å²) in [6.07, 6.45) is 1.17. The molecule has 0 bridgehead atoms. The number of fused-ring (bicyclic) bond motifs is 2. The maximum absolute atomic E-state index is 12.5. The summed E-state index contributed by atoms with van der Waals surface area (Å²) in [5.74, 6) is -0.755. The van der Waals surface area contributed by atoms with E-state index >= 15 is 0 Å². The number of hydrogen-bond acceptors (Lipinski definition) is 4. The summed E-state index contributed by atoms with van der Waals surface area (Å²) in [5.41, 5.74) is 0.655. The third kappa shape index (κ3) is 1.55. The number of benzene rings is 2. The molecule has 4 nitrogen and oxygen atoms in total. The molecule has 0 atom stereocenters. The molecule has 1 aliphatic carbocycles. The summed E-state index contributed by atoms with van der Waals surface area (Å²) < 4.78 is 5.17. The number of ketones is 2. The van der Waals surface area contributed by atoms with Crippen LogP contribution in [0.15, 0.2) is 49.2 Å². The minimum atomic E-state index is -0.387. The lowest BCUT2D eigenvalue weighted by molar-refractivity contribution is 0.0974. The summed E-state index contributed by atoms with van der Waals surface area (Å²) >= 11 is 0. The van der Waals surface area contributed by atoms with Crippen LogP contribution in [-0.4, -0.2) is 16.7 Å². The summed E-state index contributed by atoms with van der Waals surface area (Å²) in [5, 5.41) is 9.91. The third-order valence-electron chi connectivity index (χ3n) is 3.23. The van der Waals surface area contributed by atoms with Gasteiger partial charge in [-0.05, 0) is 12.1 Å². The number of aromatic hydroxyl groups is 1. The lowest BCUT2D eigenvalue weighted by Gasteiger charge is -2.20. The average molecular weight is 266 g/mol. The molecule has 1 aliphatic rings. The first-order chi connectivity index (χ1) is 9.65. The molecule has 0 aromatic heterocycles. The van der Waals surface area contributed by atoms with Crippen LogP contribution in [-0.2, 0) is 0 Å². The molecule has 4 heteroatoms. The fraction of sp³-hybridized carbons (Fsp3) is 0. The van der Waals surface area contributed by atoms with E-state index in [1.54, 1.807) is 24.3 Å². The minimum absolute atomic E-state index is 0.0203. The molecule has 0 unspecified atom stereocenters. The van der Waals surface area contributed by atoms with Gasteiger partial charge in [-0.2, -0.15) is 0 Å². The first-order valence-electron chi connectivity index (χ1n) is 5.97. The molecule has 98 valence electrons. The summed E-state index contributed by atoms with van der Waals surface area (Å²) in [6.45, 7) is 3.43. The molecule has 1 N–H and O–H groups in total. The van der Waals surface area contributed by atoms with Gasteiger partial charge in [-0.3, -0.25) is 9.59 Å². The van der Waals surface area contributed by atoms with Gasteiger partial charge in [0.2, 0.25) is 0 Å². The first kappa shape index (κ1) is 12.2. The Bertz CT molecular complexity index is 759. The van der Waals surface area contributed by atoms with Gasteiger partial charge >= 0.3 is 0 Å². The molecule has 2 aromatic carbocycles. The van der Waals surface area contributed by atoms with Crippen LogP contribution >= 0.6 is 0 Å². The van der Waals surface area contributed by atoms with Gasteiger partial charge in [-0.1, -0.05) is 30.8 Å². The molecule has 0 spiro atoms. The number of phenols is 1. The predicted octanol–water partition coefficient (Wildman–Crippen LogP) is 2.69. The fourth-order valence-corrected chi connectivity index (χ4v) is 2.36. The van der Waals surface area contributed by atoms with Gasteiger partial charge in [0.15, 0.2) is 11.6 Å². The Morgan fingerprint density at radius 2 is 1.55 bits per heavy atom. The van der Waals surface area contributed by atoms with E-state index in [4.69, 9.17) is 4.74 Å². The monoisotopic (exact) mass is 266 g/mol. The number of phenolic OH excluding ortho intramolecular Hbond substituents is 1. The normalized spacial score (nSPS) is 12.6. The van der Waals surface area contributed by atoms with E-state index in [-0.39, 0.29) is 39.8 Å². The maximum Gasteiger partial charge on any atom is 0.198 e. The Kier molecular flexibility index (Phi) is 2.64. The van der Waals surface area contributed by atoms with Gasteiger partial charge < -0.3 is 9.84 Å². The van der Waals surface area contributed by atoms with Crippen LogP contribution in [0.2, 0.25) is 0 Å². The van der Waals surface area contributed by atoms with Gasteiger partial charge in [0.25, 0.3) is 0 Å². The number of hydrogen-bond donors (Lipinski definition) is 1.